The Hall–Kier alpha value is -1.99. The van der Waals surface area contributed by atoms with E-state index in [1.807, 2.05) is 7.05 Å². The summed E-state index contributed by atoms with van der Waals surface area (Å²) in [6, 6.07) is 11.6. The van der Waals surface area contributed by atoms with E-state index in [4.69, 9.17) is 27.9 Å². The fraction of sp³-hybridized carbons (Fsp3) is 0.238. The zero-order chi connectivity index (χ0) is 20.8. The average Bonchev–Trinajstić information content (AvgIpc) is 3.29. The summed E-state index contributed by atoms with van der Waals surface area (Å²) >= 11 is 12.7. The lowest BCUT2D eigenvalue weighted by Gasteiger charge is -2.15. The normalized spacial score (nSPS) is 16.1. The number of halogens is 2. The number of ether oxygens (including phenoxy) is 1. The molecule has 0 saturated carbocycles. The first-order valence-electron chi connectivity index (χ1n) is 9.13. The Bertz CT molecular complexity index is 1190. The molecule has 1 aliphatic rings. The first-order valence-corrected chi connectivity index (χ1v) is 11.3. The lowest BCUT2D eigenvalue weighted by molar-refractivity contribution is 0.413. The van der Waals surface area contributed by atoms with Gasteiger partial charge in [-0.2, -0.15) is 0 Å². The molecule has 0 fully saturated rings. The Kier molecular flexibility index (Phi) is 5.38. The summed E-state index contributed by atoms with van der Waals surface area (Å²) in [6.07, 6.45) is 3.34. The van der Waals surface area contributed by atoms with Crippen LogP contribution in [-0.4, -0.2) is 26.5 Å². The SMILES string of the molecule is CNC1CCc2c1cn(S(=O)(=O)c1cccc(OC)c1)c2-c1cc(Cl)ccc1Cl. The number of fused-ring (bicyclic) bond motifs is 1. The van der Waals surface area contributed by atoms with Gasteiger partial charge in [0.15, 0.2) is 0 Å². The van der Waals surface area contributed by atoms with Crippen molar-refractivity contribution in [3.05, 3.63) is 69.8 Å². The predicted octanol–water partition coefficient (Wildman–Crippen LogP) is 4.91. The molecule has 29 heavy (non-hydrogen) atoms. The second-order valence-electron chi connectivity index (χ2n) is 6.90. The number of nitrogens with zero attached hydrogens (tertiary/aromatic N) is 1. The zero-order valence-electron chi connectivity index (χ0n) is 15.9. The molecule has 5 nitrogen and oxygen atoms in total. The van der Waals surface area contributed by atoms with E-state index in [9.17, 15) is 8.42 Å². The summed E-state index contributed by atoms with van der Waals surface area (Å²) < 4.78 is 33.7. The quantitative estimate of drug-likeness (QED) is 0.599. The van der Waals surface area contributed by atoms with Crippen LogP contribution in [0.3, 0.4) is 0 Å². The molecule has 1 N–H and O–H groups in total. The highest BCUT2D eigenvalue weighted by Crippen LogP contribution is 2.43. The summed E-state index contributed by atoms with van der Waals surface area (Å²) in [4.78, 5) is 0.144. The maximum atomic E-state index is 13.6. The summed E-state index contributed by atoms with van der Waals surface area (Å²) in [5.41, 5.74) is 3.10. The fourth-order valence-corrected chi connectivity index (χ4v) is 5.69. The van der Waals surface area contributed by atoms with Gasteiger partial charge >= 0.3 is 0 Å². The van der Waals surface area contributed by atoms with E-state index < -0.39 is 10.0 Å². The Labute approximate surface area is 180 Å². The highest BCUT2D eigenvalue weighted by Gasteiger charge is 2.33. The van der Waals surface area contributed by atoms with Crippen LogP contribution in [0, 0.1) is 0 Å². The van der Waals surface area contributed by atoms with Crippen LogP contribution >= 0.6 is 23.2 Å². The van der Waals surface area contributed by atoms with Gasteiger partial charge < -0.3 is 10.1 Å². The van der Waals surface area contributed by atoms with Gasteiger partial charge in [0.25, 0.3) is 10.0 Å². The summed E-state index contributed by atoms with van der Waals surface area (Å²) in [5, 5.41) is 4.20. The molecule has 0 saturated heterocycles. The van der Waals surface area contributed by atoms with Crippen molar-refractivity contribution in [2.24, 2.45) is 0 Å². The van der Waals surface area contributed by atoms with Crippen LogP contribution in [0.1, 0.15) is 23.6 Å². The van der Waals surface area contributed by atoms with Crippen LogP contribution < -0.4 is 10.1 Å². The lowest BCUT2D eigenvalue weighted by atomic mass is 10.1. The number of methoxy groups -OCH3 is 1. The van der Waals surface area contributed by atoms with Gasteiger partial charge in [0, 0.05) is 28.9 Å². The van der Waals surface area contributed by atoms with Crippen molar-refractivity contribution in [1.29, 1.82) is 0 Å². The zero-order valence-corrected chi connectivity index (χ0v) is 18.3. The number of hydrogen-bond donors (Lipinski definition) is 1. The predicted molar refractivity (Wildman–Crippen MR) is 116 cm³/mol. The van der Waals surface area contributed by atoms with Crippen LogP contribution in [0.4, 0.5) is 0 Å². The Balaban J connectivity index is 2.00. The Morgan fingerprint density at radius 1 is 1.17 bits per heavy atom. The number of nitrogens with one attached hydrogen (secondary N) is 1. The Morgan fingerprint density at radius 3 is 2.69 bits per heavy atom. The van der Waals surface area contributed by atoms with Gasteiger partial charge in [0.05, 0.1) is 22.7 Å². The van der Waals surface area contributed by atoms with E-state index in [0.717, 1.165) is 24.0 Å². The number of aromatic nitrogens is 1. The maximum Gasteiger partial charge on any atom is 0.268 e. The molecular weight excluding hydrogens is 431 g/mol. The van der Waals surface area contributed by atoms with Crippen molar-refractivity contribution in [1.82, 2.24) is 9.29 Å². The molecular formula is C21H20Cl2N2O3S. The monoisotopic (exact) mass is 450 g/mol. The molecule has 152 valence electrons. The third-order valence-corrected chi connectivity index (χ3v) is 7.52. The number of benzene rings is 2. The maximum absolute atomic E-state index is 13.6. The lowest BCUT2D eigenvalue weighted by Crippen LogP contribution is -2.16. The number of hydrogen-bond acceptors (Lipinski definition) is 4. The molecule has 3 aromatic rings. The van der Waals surface area contributed by atoms with Gasteiger partial charge in [-0.15, -0.1) is 0 Å². The standard InChI is InChI=1S/C21H20Cl2N2O3S/c1-24-20-9-7-16-18(20)12-25(21(16)17-10-13(22)6-8-19(17)23)29(26,27)15-5-3-4-14(11-15)28-2/h3-6,8,10-12,20,24H,7,9H2,1-2H3. The molecule has 0 amide bonds. The van der Waals surface area contributed by atoms with E-state index in [1.165, 1.54) is 17.1 Å². The molecule has 8 heteroatoms. The minimum atomic E-state index is -3.88. The molecule has 1 unspecified atom stereocenters. The van der Waals surface area contributed by atoms with Crippen LogP contribution in [-0.2, 0) is 16.4 Å². The topological polar surface area (TPSA) is 60.3 Å². The van der Waals surface area contributed by atoms with Crippen molar-refractivity contribution in [2.45, 2.75) is 23.8 Å². The summed E-state index contributed by atoms with van der Waals surface area (Å²) in [5.74, 6) is 0.473. The van der Waals surface area contributed by atoms with Crippen molar-refractivity contribution >= 4 is 33.2 Å². The van der Waals surface area contributed by atoms with E-state index >= 15 is 0 Å². The minimum absolute atomic E-state index is 0.0865. The fourth-order valence-electron chi connectivity index (χ4n) is 3.87. The first kappa shape index (κ1) is 20.3. The molecule has 1 atom stereocenters. The second-order valence-corrected chi connectivity index (χ2v) is 9.55. The highest BCUT2D eigenvalue weighted by atomic mass is 35.5. The largest absolute Gasteiger partial charge is 0.497 e. The molecule has 0 aliphatic heterocycles. The third kappa shape index (κ3) is 3.44. The summed E-state index contributed by atoms with van der Waals surface area (Å²) in [6.45, 7) is 0. The van der Waals surface area contributed by atoms with Gasteiger partial charge in [-0.3, -0.25) is 0 Å². The molecule has 0 bridgehead atoms. The molecule has 2 aromatic carbocycles. The molecule has 1 aliphatic carbocycles. The van der Waals surface area contributed by atoms with E-state index in [2.05, 4.69) is 5.32 Å². The van der Waals surface area contributed by atoms with Gasteiger partial charge in [0.1, 0.15) is 5.75 Å². The smallest absolute Gasteiger partial charge is 0.268 e. The van der Waals surface area contributed by atoms with Crippen LogP contribution in [0.2, 0.25) is 10.0 Å². The minimum Gasteiger partial charge on any atom is -0.497 e. The van der Waals surface area contributed by atoms with Gasteiger partial charge in [-0.05, 0) is 61.3 Å². The van der Waals surface area contributed by atoms with Crippen molar-refractivity contribution in [2.75, 3.05) is 14.2 Å². The van der Waals surface area contributed by atoms with E-state index in [-0.39, 0.29) is 10.9 Å². The molecule has 4 rings (SSSR count). The van der Waals surface area contributed by atoms with Crippen LogP contribution in [0.15, 0.2) is 53.6 Å². The third-order valence-electron chi connectivity index (χ3n) is 5.30. The van der Waals surface area contributed by atoms with E-state index in [0.29, 0.717) is 27.1 Å². The Morgan fingerprint density at radius 2 is 1.97 bits per heavy atom. The first-order chi connectivity index (χ1) is 13.9. The van der Waals surface area contributed by atoms with Gasteiger partial charge in [-0.1, -0.05) is 29.3 Å². The average molecular weight is 451 g/mol. The van der Waals surface area contributed by atoms with E-state index in [1.54, 1.807) is 42.6 Å². The van der Waals surface area contributed by atoms with Crippen molar-refractivity contribution in [3.63, 3.8) is 0 Å². The molecule has 0 spiro atoms. The van der Waals surface area contributed by atoms with Gasteiger partial charge in [-0.25, -0.2) is 12.4 Å². The van der Waals surface area contributed by atoms with Crippen molar-refractivity contribution in [3.8, 4) is 17.0 Å². The second kappa shape index (κ2) is 7.69. The molecule has 1 aromatic heterocycles. The molecule has 1 heterocycles. The number of rotatable bonds is 5. The summed E-state index contributed by atoms with van der Waals surface area (Å²) in [7, 11) is -0.503. The van der Waals surface area contributed by atoms with Gasteiger partial charge in [0.2, 0.25) is 0 Å². The van der Waals surface area contributed by atoms with Crippen LogP contribution in [0.5, 0.6) is 5.75 Å². The molecule has 0 radical (unpaired) electrons. The van der Waals surface area contributed by atoms with Crippen molar-refractivity contribution < 1.29 is 13.2 Å². The highest BCUT2D eigenvalue weighted by molar-refractivity contribution is 7.90. The van der Waals surface area contributed by atoms with Crippen LogP contribution in [0.25, 0.3) is 11.3 Å².